The highest BCUT2D eigenvalue weighted by molar-refractivity contribution is 6.02. The Morgan fingerprint density at radius 2 is 1.89 bits per heavy atom. The van der Waals surface area contributed by atoms with Crippen molar-refractivity contribution in [2.75, 3.05) is 45.3 Å². The number of nitrogens with one attached hydrogen (secondary N) is 1. The molecule has 2 aromatic rings. The molecule has 8 heteroatoms. The lowest BCUT2D eigenvalue weighted by molar-refractivity contribution is -0.122. The number of para-hydroxylation sites is 1. The van der Waals surface area contributed by atoms with E-state index in [-0.39, 0.29) is 42.4 Å². The second-order valence-corrected chi connectivity index (χ2v) is 10.4. The largest absolute Gasteiger partial charge is 0.486 e. The topological polar surface area (TPSA) is 91.3 Å². The van der Waals surface area contributed by atoms with Gasteiger partial charge >= 0.3 is 0 Å². The Balaban J connectivity index is 1.63. The third-order valence-corrected chi connectivity index (χ3v) is 7.33. The summed E-state index contributed by atoms with van der Waals surface area (Å²) in [5.74, 6) is -0.0365. The number of amides is 2. The Hall–Kier alpha value is -2.94. The maximum Gasteiger partial charge on any atom is 0.258 e. The summed E-state index contributed by atoms with van der Waals surface area (Å²) in [5.41, 5.74) is 2.11. The monoisotopic (exact) mass is 509 g/mol. The summed E-state index contributed by atoms with van der Waals surface area (Å²) in [7, 11) is 2.06. The molecule has 8 nitrogen and oxygen atoms in total. The fraction of sp³-hybridized carbons (Fsp3) is 0.517. The van der Waals surface area contributed by atoms with Crippen LogP contribution in [0.1, 0.15) is 42.6 Å². The SMILES string of the molecule is C[C@@H]1CN([C@@H](C)CO)C(=O)c2cccc(NC(=O)C3CCOCC3)c2O[C@H]1CN(C)Cc1ccccc1. The van der Waals surface area contributed by atoms with Gasteiger partial charge in [0.2, 0.25) is 5.91 Å². The average Bonchev–Trinajstić information content (AvgIpc) is 2.91. The van der Waals surface area contributed by atoms with Crippen LogP contribution in [0.15, 0.2) is 48.5 Å². The van der Waals surface area contributed by atoms with Gasteiger partial charge in [-0.1, -0.05) is 43.3 Å². The van der Waals surface area contributed by atoms with Gasteiger partial charge in [-0.2, -0.15) is 0 Å². The summed E-state index contributed by atoms with van der Waals surface area (Å²) in [6, 6.07) is 15.2. The van der Waals surface area contributed by atoms with Crippen molar-refractivity contribution in [2.45, 2.75) is 45.4 Å². The Bertz CT molecular complexity index is 1060. The van der Waals surface area contributed by atoms with E-state index in [2.05, 4.69) is 36.3 Å². The first-order valence-electron chi connectivity index (χ1n) is 13.2. The van der Waals surface area contributed by atoms with E-state index in [0.717, 1.165) is 6.54 Å². The van der Waals surface area contributed by atoms with E-state index >= 15 is 0 Å². The number of hydrogen-bond acceptors (Lipinski definition) is 6. The van der Waals surface area contributed by atoms with E-state index in [1.807, 2.05) is 25.1 Å². The quantitative estimate of drug-likeness (QED) is 0.567. The number of aliphatic hydroxyl groups excluding tert-OH is 1. The van der Waals surface area contributed by atoms with E-state index in [0.29, 0.717) is 56.1 Å². The fourth-order valence-corrected chi connectivity index (χ4v) is 5.02. The van der Waals surface area contributed by atoms with E-state index in [9.17, 15) is 14.7 Å². The first-order chi connectivity index (χ1) is 17.9. The molecule has 200 valence electrons. The van der Waals surface area contributed by atoms with Crippen molar-refractivity contribution in [3.8, 4) is 5.75 Å². The van der Waals surface area contributed by atoms with Crippen LogP contribution in [0.3, 0.4) is 0 Å². The Kier molecular flexibility index (Phi) is 9.18. The molecule has 0 aliphatic carbocycles. The van der Waals surface area contributed by atoms with Gasteiger partial charge in [0.15, 0.2) is 5.75 Å². The Labute approximate surface area is 219 Å². The van der Waals surface area contributed by atoms with Gasteiger partial charge in [-0.05, 0) is 44.5 Å². The lowest BCUT2D eigenvalue weighted by Crippen LogP contribution is -2.49. The minimum Gasteiger partial charge on any atom is -0.486 e. The van der Waals surface area contributed by atoms with Crippen molar-refractivity contribution < 1.29 is 24.2 Å². The molecule has 0 saturated carbocycles. The minimum absolute atomic E-state index is 0.0106. The van der Waals surface area contributed by atoms with Gasteiger partial charge in [-0.25, -0.2) is 0 Å². The molecule has 37 heavy (non-hydrogen) atoms. The van der Waals surface area contributed by atoms with Gasteiger partial charge < -0.3 is 24.8 Å². The summed E-state index contributed by atoms with van der Waals surface area (Å²) in [6.07, 6.45) is 1.11. The second-order valence-electron chi connectivity index (χ2n) is 10.4. The number of rotatable bonds is 8. The molecule has 2 aliphatic rings. The van der Waals surface area contributed by atoms with Crippen LogP contribution in [0.5, 0.6) is 5.75 Å². The highest BCUT2D eigenvalue weighted by Crippen LogP contribution is 2.35. The summed E-state index contributed by atoms with van der Waals surface area (Å²) in [6.45, 7) is 6.78. The highest BCUT2D eigenvalue weighted by Gasteiger charge is 2.35. The molecule has 0 aromatic heterocycles. The molecule has 0 bridgehead atoms. The highest BCUT2D eigenvalue weighted by atomic mass is 16.5. The van der Waals surface area contributed by atoms with Crippen LogP contribution < -0.4 is 10.1 Å². The molecular weight excluding hydrogens is 470 g/mol. The van der Waals surface area contributed by atoms with E-state index in [1.165, 1.54) is 5.56 Å². The molecule has 2 aromatic carbocycles. The van der Waals surface area contributed by atoms with Crippen molar-refractivity contribution in [2.24, 2.45) is 11.8 Å². The number of carbonyl (C=O) groups excluding carboxylic acids is 2. The predicted octanol–water partition coefficient (Wildman–Crippen LogP) is 3.40. The molecule has 2 N–H and O–H groups in total. The number of ether oxygens (including phenoxy) is 2. The van der Waals surface area contributed by atoms with Gasteiger partial charge in [0.05, 0.1) is 23.9 Å². The first-order valence-corrected chi connectivity index (χ1v) is 13.2. The summed E-state index contributed by atoms with van der Waals surface area (Å²) >= 11 is 0. The van der Waals surface area contributed by atoms with Crippen LogP contribution in [0.4, 0.5) is 5.69 Å². The van der Waals surface area contributed by atoms with E-state index in [1.54, 1.807) is 23.1 Å². The minimum atomic E-state index is -0.343. The van der Waals surface area contributed by atoms with Crippen LogP contribution >= 0.6 is 0 Å². The standard InChI is InChI=1S/C29H39N3O5/c1-20-16-32(21(2)19-33)29(35)24-10-7-11-25(30-28(34)23-12-14-36-15-13-23)27(24)37-26(20)18-31(3)17-22-8-5-4-6-9-22/h4-11,20-21,23,26,33H,12-19H2,1-3H3,(H,30,34)/t20-,21+,26+/m1/s1. The Morgan fingerprint density at radius 3 is 2.59 bits per heavy atom. The first kappa shape index (κ1) is 27.1. The normalized spacial score (nSPS) is 21.5. The summed E-state index contributed by atoms with van der Waals surface area (Å²) in [5, 5.41) is 12.9. The number of aliphatic hydroxyl groups is 1. The van der Waals surface area contributed by atoms with Crippen molar-refractivity contribution >= 4 is 17.5 Å². The molecule has 0 spiro atoms. The zero-order valence-electron chi connectivity index (χ0n) is 22.1. The molecule has 1 saturated heterocycles. The van der Waals surface area contributed by atoms with Crippen molar-refractivity contribution in [1.82, 2.24) is 9.80 Å². The number of fused-ring (bicyclic) bond motifs is 1. The number of nitrogens with zero attached hydrogens (tertiary/aromatic N) is 2. The zero-order chi connectivity index (χ0) is 26.4. The molecule has 0 unspecified atom stereocenters. The number of likely N-dealkylation sites (N-methyl/N-ethyl adjacent to an activating group) is 1. The average molecular weight is 510 g/mol. The fourth-order valence-electron chi connectivity index (χ4n) is 5.02. The third-order valence-electron chi connectivity index (χ3n) is 7.33. The third kappa shape index (κ3) is 6.69. The second kappa shape index (κ2) is 12.5. The van der Waals surface area contributed by atoms with Crippen LogP contribution in [-0.2, 0) is 16.1 Å². The molecule has 2 aliphatic heterocycles. The zero-order valence-corrected chi connectivity index (χ0v) is 22.1. The lowest BCUT2D eigenvalue weighted by Gasteiger charge is -2.38. The molecule has 2 heterocycles. The van der Waals surface area contributed by atoms with Crippen LogP contribution in [-0.4, -0.2) is 78.8 Å². The van der Waals surface area contributed by atoms with Crippen molar-refractivity contribution in [3.63, 3.8) is 0 Å². The van der Waals surface area contributed by atoms with E-state index < -0.39 is 0 Å². The molecule has 2 amide bonds. The maximum absolute atomic E-state index is 13.6. The smallest absolute Gasteiger partial charge is 0.258 e. The summed E-state index contributed by atoms with van der Waals surface area (Å²) in [4.78, 5) is 30.6. The molecule has 1 fully saturated rings. The number of hydrogen-bond donors (Lipinski definition) is 2. The van der Waals surface area contributed by atoms with Crippen LogP contribution in [0, 0.1) is 11.8 Å². The van der Waals surface area contributed by atoms with Crippen LogP contribution in [0.25, 0.3) is 0 Å². The lowest BCUT2D eigenvalue weighted by atomic mass is 9.98. The Morgan fingerprint density at radius 1 is 1.16 bits per heavy atom. The molecule has 0 radical (unpaired) electrons. The van der Waals surface area contributed by atoms with Gasteiger partial charge in [0.25, 0.3) is 5.91 Å². The van der Waals surface area contributed by atoms with Gasteiger partial charge in [0.1, 0.15) is 6.10 Å². The van der Waals surface area contributed by atoms with Crippen molar-refractivity contribution in [1.29, 1.82) is 0 Å². The van der Waals surface area contributed by atoms with Gasteiger partial charge in [0, 0.05) is 44.7 Å². The maximum atomic E-state index is 13.6. The van der Waals surface area contributed by atoms with Crippen LogP contribution in [0.2, 0.25) is 0 Å². The van der Waals surface area contributed by atoms with Crippen molar-refractivity contribution in [3.05, 3.63) is 59.7 Å². The van der Waals surface area contributed by atoms with Gasteiger partial charge in [-0.15, -0.1) is 0 Å². The number of anilines is 1. The molecule has 3 atom stereocenters. The number of benzene rings is 2. The molecular formula is C29H39N3O5. The number of carbonyl (C=O) groups is 2. The predicted molar refractivity (Wildman–Crippen MR) is 143 cm³/mol. The summed E-state index contributed by atoms with van der Waals surface area (Å²) < 4.78 is 12.0. The molecule has 4 rings (SSSR count). The van der Waals surface area contributed by atoms with E-state index in [4.69, 9.17) is 9.47 Å². The van der Waals surface area contributed by atoms with Gasteiger partial charge in [-0.3, -0.25) is 14.5 Å².